The number of carbonyl (C=O) groups is 2. The molecule has 1 saturated carbocycles. The first-order chi connectivity index (χ1) is 11.1. The molecule has 0 bridgehead atoms. The second-order valence-electron chi connectivity index (χ2n) is 6.48. The highest BCUT2D eigenvalue weighted by molar-refractivity contribution is 5.73. The Morgan fingerprint density at radius 1 is 1.17 bits per heavy atom. The van der Waals surface area contributed by atoms with E-state index in [4.69, 9.17) is 9.47 Å². The van der Waals surface area contributed by atoms with E-state index in [1.807, 2.05) is 0 Å². The van der Waals surface area contributed by atoms with E-state index in [-0.39, 0.29) is 24.0 Å². The van der Waals surface area contributed by atoms with Crippen molar-refractivity contribution >= 4 is 11.9 Å². The first-order valence-corrected chi connectivity index (χ1v) is 8.21. The van der Waals surface area contributed by atoms with Crippen molar-refractivity contribution in [1.29, 1.82) is 0 Å². The topological polar surface area (TPSA) is 52.6 Å². The standard InChI is InChI=1S/C19H27FO4/c1-13(2)19(5,20)14(3)7-6-12-23-18(22)16-8-10-17(11-9-16)24-15(4)21/h6-7,12,16-17H,1,8-11H2,2-5H3/b12-6+,14-7-. The summed E-state index contributed by atoms with van der Waals surface area (Å²) in [5.41, 5.74) is -0.668. The summed E-state index contributed by atoms with van der Waals surface area (Å²) in [5.74, 6) is -0.782. The summed E-state index contributed by atoms with van der Waals surface area (Å²) in [6.07, 6.45) is 6.87. The number of hydrogen-bond donors (Lipinski definition) is 0. The lowest BCUT2D eigenvalue weighted by atomic mass is 9.87. The summed E-state index contributed by atoms with van der Waals surface area (Å²) in [6, 6.07) is 0. The zero-order valence-corrected chi connectivity index (χ0v) is 14.9. The molecule has 0 spiro atoms. The van der Waals surface area contributed by atoms with Gasteiger partial charge < -0.3 is 9.47 Å². The fourth-order valence-corrected chi connectivity index (χ4v) is 2.53. The zero-order chi connectivity index (χ0) is 18.3. The molecule has 0 heterocycles. The lowest BCUT2D eigenvalue weighted by molar-refractivity contribution is -0.150. The third-order valence-corrected chi connectivity index (χ3v) is 4.49. The Kier molecular flexibility index (Phi) is 7.39. The lowest BCUT2D eigenvalue weighted by Gasteiger charge is -2.26. The Morgan fingerprint density at radius 2 is 1.75 bits per heavy atom. The molecule has 4 nitrogen and oxygen atoms in total. The van der Waals surface area contributed by atoms with Gasteiger partial charge in [0, 0.05) is 6.92 Å². The second kappa shape index (κ2) is 8.81. The Bertz CT molecular complexity index is 538. The highest BCUT2D eigenvalue weighted by Crippen LogP contribution is 2.29. The van der Waals surface area contributed by atoms with Crippen LogP contribution in [0.3, 0.4) is 0 Å². The Hall–Kier alpha value is -1.91. The predicted octanol–water partition coefficient (Wildman–Crippen LogP) is 4.42. The molecule has 0 saturated heterocycles. The summed E-state index contributed by atoms with van der Waals surface area (Å²) in [6.45, 7) is 9.76. The van der Waals surface area contributed by atoms with Gasteiger partial charge in [0.25, 0.3) is 0 Å². The maximum Gasteiger partial charge on any atom is 0.313 e. The van der Waals surface area contributed by atoms with Crippen LogP contribution < -0.4 is 0 Å². The molecule has 0 aromatic carbocycles. The van der Waals surface area contributed by atoms with Crippen molar-refractivity contribution in [2.75, 3.05) is 0 Å². The van der Waals surface area contributed by atoms with Gasteiger partial charge in [0.2, 0.25) is 0 Å². The summed E-state index contributed by atoms with van der Waals surface area (Å²) in [7, 11) is 0. The number of alkyl halides is 1. The minimum absolute atomic E-state index is 0.1000. The molecular formula is C19H27FO4. The molecule has 0 radical (unpaired) electrons. The maximum absolute atomic E-state index is 14.3. The van der Waals surface area contributed by atoms with Crippen molar-refractivity contribution in [3.05, 3.63) is 36.1 Å². The highest BCUT2D eigenvalue weighted by atomic mass is 19.1. The molecular weight excluding hydrogens is 311 g/mol. The molecule has 0 amide bonds. The number of ether oxygens (including phenoxy) is 2. The average Bonchev–Trinajstić information content (AvgIpc) is 2.50. The number of carbonyl (C=O) groups excluding carboxylic acids is 2. The minimum Gasteiger partial charge on any atom is -0.463 e. The molecule has 1 unspecified atom stereocenters. The lowest BCUT2D eigenvalue weighted by Crippen LogP contribution is -2.27. The van der Waals surface area contributed by atoms with Gasteiger partial charge in [-0.3, -0.25) is 9.59 Å². The molecule has 1 aliphatic carbocycles. The molecule has 0 N–H and O–H groups in total. The van der Waals surface area contributed by atoms with E-state index in [0.717, 1.165) is 0 Å². The Morgan fingerprint density at radius 3 is 2.25 bits per heavy atom. The number of hydrogen-bond acceptors (Lipinski definition) is 4. The van der Waals surface area contributed by atoms with Crippen molar-refractivity contribution < 1.29 is 23.5 Å². The molecule has 1 fully saturated rings. The van der Waals surface area contributed by atoms with E-state index in [9.17, 15) is 14.0 Å². The van der Waals surface area contributed by atoms with Crippen molar-refractivity contribution in [1.82, 2.24) is 0 Å². The first-order valence-electron chi connectivity index (χ1n) is 8.21. The van der Waals surface area contributed by atoms with Gasteiger partial charge in [-0.1, -0.05) is 12.7 Å². The van der Waals surface area contributed by atoms with Gasteiger partial charge in [0.05, 0.1) is 12.2 Å². The van der Waals surface area contributed by atoms with Crippen LogP contribution in [0.1, 0.15) is 53.4 Å². The van der Waals surface area contributed by atoms with Gasteiger partial charge in [0.1, 0.15) is 11.8 Å². The maximum atomic E-state index is 14.3. The third kappa shape index (κ3) is 5.95. The summed E-state index contributed by atoms with van der Waals surface area (Å²) >= 11 is 0. The molecule has 5 heteroatoms. The van der Waals surface area contributed by atoms with Crippen LogP contribution in [0.4, 0.5) is 4.39 Å². The van der Waals surface area contributed by atoms with E-state index in [0.29, 0.717) is 36.8 Å². The van der Waals surface area contributed by atoms with Crippen LogP contribution in [0.15, 0.2) is 36.1 Å². The molecule has 1 rings (SSSR count). The summed E-state index contributed by atoms with van der Waals surface area (Å²) < 4.78 is 24.5. The molecule has 134 valence electrons. The van der Waals surface area contributed by atoms with Crippen molar-refractivity contribution in [3.63, 3.8) is 0 Å². The van der Waals surface area contributed by atoms with Gasteiger partial charge in [0.15, 0.2) is 0 Å². The third-order valence-electron chi connectivity index (χ3n) is 4.49. The first kappa shape index (κ1) is 20.1. The van der Waals surface area contributed by atoms with E-state index in [1.54, 1.807) is 19.9 Å². The summed E-state index contributed by atoms with van der Waals surface area (Å²) in [5, 5.41) is 0. The van der Waals surface area contributed by atoms with Crippen molar-refractivity contribution in [2.24, 2.45) is 5.92 Å². The molecule has 24 heavy (non-hydrogen) atoms. The zero-order valence-electron chi connectivity index (χ0n) is 14.9. The van der Waals surface area contributed by atoms with Crippen LogP contribution in [-0.4, -0.2) is 23.7 Å². The van der Waals surface area contributed by atoms with E-state index in [1.165, 1.54) is 26.2 Å². The predicted molar refractivity (Wildman–Crippen MR) is 90.8 cm³/mol. The normalized spacial score (nSPS) is 24.3. The van der Waals surface area contributed by atoms with Crippen LogP contribution in [0.2, 0.25) is 0 Å². The average molecular weight is 338 g/mol. The van der Waals surface area contributed by atoms with Crippen LogP contribution in [0.25, 0.3) is 0 Å². The largest absolute Gasteiger partial charge is 0.463 e. The van der Waals surface area contributed by atoms with Crippen LogP contribution in [0.5, 0.6) is 0 Å². The van der Waals surface area contributed by atoms with E-state index in [2.05, 4.69) is 6.58 Å². The molecule has 0 aromatic rings. The Balaban J connectivity index is 2.44. The SMILES string of the molecule is C=C(C)C(C)(F)/C(C)=C\C=C\OC(=O)C1CCC(OC(C)=O)CC1. The van der Waals surface area contributed by atoms with E-state index < -0.39 is 5.67 Å². The van der Waals surface area contributed by atoms with Gasteiger partial charge in [-0.25, -0.2) is 4.39 Å². The number of allylic oxidation sites excluding steroid dienone is 4. The van der Waals surface area contributed by atoms with Gasteiger partial charge in [-0.2, -0.15) is 0 Å². The smallest absolute Gasteiger partial charge is 0.313 e. The molecule has 0 aromatic heterocycles. The fraction of sp³-hybridized carbons (Fsp3) is 0.579. The van der Waals surface area contributed by atoms with Crippen LogP contribution >= 0.6 is 0 Å². The van der Waals surface area contributed by atoms with Crippen molar-refractivity contribution in [3.8, 4) is 0 Å². The minimum atomic E-state index is -1.58. The van der Waals surface area contributed by atoms with Gasteiger partial charge >= 0.3 is 11.9 Å². The molecule has 1 aliphatic rings. The fourth-order valence-electron chi connectivity index (χ4n) is 2.53. The van der Waals surface area contributed by atoms with Gasteiger partial charge in [-0.05, 0) is 63.7 Å². The number of esters is 2. The molecule has 1 atom stereocenters. The van der Waals surface area contributed by atoms with Gasteiger partial charge in [-0.15, -0.1) is 0 Å². The van der Waals surface area contributed by atoms with Crippen molar-refractivity contribution in [2.45, 2.75) is 65.2 Å². The number of rotatable bonds is 6. The van der Waals surface area contributed by atoms with Crippen LogP contribution in [0, 0.1) is 5.92 Å². The second-order valence-corrected chi connectivity index (χ2v) is 6.48. The molecule has 0 aliphatic heterocycles. The van der Waals surface area contributed by atoms with E-state index >= 15 is 0 Å². The summed E-state index contributed by atoms with van der Waals surface area (Å²) in [4.78, 5) is 22.9. The highest BCUT2D eigenvalue weighted by Gasteiger charge is 2.28. The Labute approximate surface area is 143 Å². The quantitative estimate of drug-likeness (QED) is 0.311. The monoisotopic (exact) mass is 338 g/mol. The van der Waals surface area contributed by atoms with Crippen LogP contribution in [-0.2, 0) is 19.1 Å². The number of halogens is 1.